The van der Waals surface area contributed by atoms with E-state index in [1.165, 1.54) is 7.11 Å². The number of nitrogens with zero attached hydrogens (tertiary/aromatic N) is 2. The number of ether oxygens (including phenoxy) is 1. The molecular formula is C23H24N4O4S. The highest BCUT2D eigenvalue weighted by Gasteiger charge is 2.27. The summed E-state index contributed by atoms with van der Waals surface area (Å²) < 4.78 is 33.1. The van der Waals surface area contributed by atoms with Gasteiger partial charge in [0, 0.05) is 12.7 Å². The summed E-state index contributed by atoms with van der Waals surface area (Å²) in [6, 6.07) is 16.8. The fourth-order valence-corrected chi connectivity index (χ4v) is 4.81. The van der Waals surface area contributed by atoms with E-state index in [4.69, 9.17) is 4.74 Å². The largest absolute Gasteiger partial charge is 0.468 e. The SMILES string of the molecule is COC(=O)[C@H](Cc1ccccc1)NS(=O)(=O)c1ccc(CN2CNc3cnccc32)cc1. The van der Waals surface area contributed by atoms with E-state index in [0.29, 0.717) is 13.2 Å². The topological polar surface area (TPSA) is 101 Å². The summed E-state index contributed by atoms with van der Waals surface area (Å²) in [5.41, 5.74) is 3.82. The van der Waals surface area contributed by atoms with Crippen LogP contribution in [0.4, 0.5) is 11.4 Å². The van der Waals surface area contributed by atoms with E-state index in [9.17, 15) is 13.2 Å². The van der Waals surface area contributed by atoms with Gasteiger partial charge in [0.15, 0.2) is 0 Å². The van der Waals surface area contributed by atoms with Gasteiger partial charge in [0.2, 0.25) is 10.0 Å². The Morgan fingerprint density at radius 1 is 1.12 bits per heavy atom. The summed E-state index contributed by atoms with van der Waals surface area (Å²) in [5, 5.41) is 3.28. The zero-order valence-electron chi connectivity index (χ0n) is 17.6. The molecular weight excluding hydrogens is 428 g/mol. The number of rotatable bonds is 8. The molecule has 1 atom stereocenters. The molecule has 0 spiro atoms. The van der Waals surface area contributed by atoms with E-state index in [1.54, 1.807) is 36.7 Å². The van der Waals surface area contributed by atoms with Gasteiger partial charge in [-0.25, -0.2) is 8.42 Å². The van der Waals surface area contributed by atoms with Crippen LogP contribution in [0.15, 0.2) is 78.0 Å². The minimum Gasteiger partial charge on any atom is -0.468 e. The van der Waals surface area contributed by atoms with Gasteiger partial charge in [0.05, 0.1) is 36.2 Å². The first-order valence-electron chi connectivity index (χ1n) is 10.1. The number of sulfonamides is 1. The van der Waals surface area contributed by atoms with Crippen molar-refractivity contribution in [3.05, 3.63) is 84.2 Å². The van der Waals surface area contributed by atoms with Gasteiger partial charge in [-0.2, -0.15) is 4.72 Å². The maximum absolute atomic E-state index is 12.9. The number of carbonyl (C=O) groups excluding carboxylic acids is 1. The normalized spacial score (nSPS) is 13.8. The molecule has 0 amide bonds. The van der Waals surface area contributed by atoms with E-state index in [2.05, 4.69) is 19.9 Å². The minimum absolute atomic E-state index is 0.0901. The molecule has 4 rings (SSSR count). The van der Waals surface area contributed by atoms with Crippen molar-refractivity contribution >= 4 is 27.4 Å². The number of esters is 1. The fourth-order valence-electron chi connectivity index (χ4n) is 3.62. The van der Waals surface area contributed by atoms with Crippen molar-refractivity contribution in [1.82, 2.24) is 9.71 Å². The maximum atomic E-state index is 12.9. The predicted molar refractivity (Wildman–Crippen MR) is 122 cm³/mol. The van der Waals surface area contributed by atoms with E-state index in [1.807, 2.05) is 36.4 Å². The Kier molecular flexibility index (Phi) is 6.38. The highest BCUT2D eigenvalue weighted by atomic mass is 32.2. The quantitative estimate of drug-likeness (QED) is 0.507. The third kappa shape index (κ3) is 4.90. The molecule has 3 aromatic rings. The molecule has 8 nitrogen and oxygen atoms in total. The molecule has 0 unspecified atom stereocenters. The number of fused-ring (bicyclic) bond motifs is 1. The standard InChI is InChI=1S/C23H24N4O4S/c1-31-23(28)20(13-17-5-3-2-4-6-17)26-32(29,30)19-9-7-18(8-10-19)15-27-16-25-21-14-24-12-11-22(21)27/h2-12,14,20,25-26H,13,15-16H2,1H3/t20-/m0/s1. The van der Waals surface area contributed by atoms with Crippen LogP contribution in [0.25, 0.3) is 0 Å². The molecule has 0 fully saturated rings. The van der Waals surface area contributed by atoms with E-state index < -0.39 is 22.0 Å². The third-order valence-electron chi connectivity index (χ3n) is 5.27. The molecule has 2 aromatic carbocycles. The van der Waals surface area contributed by atoms with Gasteiger partial charge in [-0.1, -0.05) is 42.5 Å². The van der Waals surface area contributed by atoms with Crippen LogP contribution >= 0.6 is 0 Å². The number of pyridine rings is 1. The van der Waals surface area contributed by atoms with Crippen LogP contribution in [-0.2, 0) is 32.5 Å². The number of aromatic nitrogens is 1. The van der Waals surface area contributed by atoms with E-state index >= 15 is 0 Å². The summed E-state index contributed by atoms with van der Waals surface area (Å²) in [7, 11) is -2.67. The summed E-state index contributed by atoms with van der Waals surface area (Å²) in [5.74, 6) is -0.635. The smallest absolute Gasteiger partial charge is 0.324 e. The first-order valence-corrected chi connectivity index (χ1v) is 11.6. The molecule has 0 radical (unpaired) electrons. The van der Waals surface area contributed by atoms with Crippen molar-refractivity contribution in [3.8, 4) is 0 Å². The lowest BCUT2D eigenvalue weighted by Crippen LogP contribution is -2.42. The monoisotopic (exact) mass is 452 g/mol. The number of nitrogens with one attached hydrogen (secondary N) is 2. The number of benzene rings is 2. The zero-order valence-corrected chi connectivity index (χ0v) is 18.4. The summed E-state index contributed by atoms with van der Waals surface area (Å²) >= 11 is 0. The summed E-state index contributed by atoms with van der Waals surface area (Å²) in [6.45, 7) is 1.28. The molecule has 2 heterocycles. The Morgan fingerprint density at radius 3 is 2.59 bits per heavy atom. The van der Waals surface area contributed by atoms with Crippen LogP contribution in [0.3, 0.4) is 0 Å². The lowest BCUT2D eigenvalue weighted by molar-refractivity contribution is -0.142. The molecule has 1 aliphatic rings. The Hall–Kier alpha value is -3.43. The van der Waals surface area contributed by atoms with Gasteiger partial charge >= 0.3 is 5.97 Å². The average molecular weight is 453 g/mol. The van der Waals surface area contributed by atoms with Gasteiger partial charge in [0.25, 0.3) is 0 Å². The van der Waals surface area contributed by atoms with Gasteiger partial charge in [-0.3, -0.25) is 9.78 Å². The van der Waals surface area contributed by atoms with Crippen LogP contribution < -0.4 is 14.9 Å². The highest BCUT2D eigenvalue weighted by molar-refractivity contribution is 7.89. The molecule has 0 saturated heterocycles. The van der Waals surface area contributed by atoms with Crippen molar-refractivity contribution in [2.24, 2.45) is 0 Å². The first-order chi connectivity index (χ1) is 15.5. The Labute approximate surface area is 187 Å². The molecule has 0 saturated carbocycles. The zero-order chi connectivity index (χ0) is 22.6. The second kappa shape index (κ2) is 9.37. The first kappa shape index (κ1) is 21.8. The van der Waals surface area contributed by atoms with E-state index in [0.717, 1.165) is 22.5 Å². The fraction of sp³-hybridized carbons (Fsp3) is 0.217. The number of hydrogen-bond donors (Lipinski definition) is 2. The molecule has 0 aliphatic carbocycles. The van der Waals surface area contributed by atoms with Gasteiger partial charge in [-0.15, -0.1) is 0 Å². The highest BCUT2D eigenvalue weighted by Crippen LogP contribution is 2.30. The lowest BCUT2D eigenvalue weighted by Gasteiger charge is -2.19. The average Bonchev–Trinajstić information content (AvgIpc) is 3.22. The Bertz CT molecular complexity index is 1180. The van der Waals surface area contributed by atoms with Crippen LogP contribution in [0.2, 0.25) is 0 Å². The molecule has 1 aliphatic heterocycles. The second-order valence-electron chi connectivity index (χ2n) is 7.46. The van der Waals surface area contributed by atoms with Crippen molar-refractivity contribution in [2.45, 2.75) is 23.9 Å². The van der Waals surface area contributed by atoms with Crippen LogP contribution in [-0.4, -0.2) is 39.2 Å². The number of carbonyl (C=O) groups is 1. The van der Waals surface area contributed by atoms with Gasteiger partial charge in [-0.05, 0) is 35.7 Å². The van der Waals surface area contributed by atoms with Crippen molar-refractivity contribution < 1.29 is 17.9 Å². The number of anilines is 2. The molecule has 0 bridgehead atoms. The van der Waals surface area contributed by atoms with Gasteiger partial charge < -0.3 is 15.0 Å². The third-order valence-corrected chi connectivity index (χ3v) is 6.76. The molecule has 166 valence electrons. The van der Waals surface area contributed by atoms with Crippen molar-refractivity contribution in [1.29, 1.82) is 0 Å². The Morgan fingerprint density at radius 2 is 1.88 bits per heavy atom. The van der Waals surface area contributed by atoms with Crippen molar-refractivity contribution in [3.63, 3.8) is 0 Å². The van der Waals surface area contributed by atoms with Crippen LogP contribution in [0.5, 0.6) is 0 Å². The molecule has 2 N–H and O–H groups in total. The molecule has 9 heteroatoms. The Balaban J connectivity index is 1.46. The summed E-state index contributed by atoms with van der Waals surface area (Å²) in [4.78, 5) is 18.6. The maximum Gasteiger partial charge on any atom is 0.324 e. The van der Waals surface area contributed by atoms with Crippen LogP contribution in [0.1, 0.15) is 11.1 Å². The van der Waals surface area contributed by atoms with Crippen LogP contribution in [0, 0.1) is 0 Å². The number of methoxy groups -OCH3 is 1. The predicted octanol–water partition coefficient (Wildman–Crippen LogP) is 2.53. The summed E-state index contributed by atoms with van der Waals surface area (Å²) in [6.07, 6.45) is 3.72. The van der Waals surface area contributed by atoms with Gasteiger partial charge in [0.1, 0.15) is 6.04 Å². The van der Waals surface area contributed by atoms with E-state index in [-0.39, 0.29) is 11.3 Å². The minimum atomic E-state index is -3.91. The lowest BCUT2D eigenvalue weighted by atomic mass is 10.1. The molecule has 32 heavy (non-hydrogen) atoms. The second-order valence-corrected chi connectivity index (χ2v) is 9.17. The molecule has 1 aromatic heterocycles. The van der Waals surface area contributed by atoms with Crippen molar-refractivity contribution in [2.75, 3.05) is 24.0 Å². The number of hydrogen-bond acceptors (Lipinski definition) is 7.